The molecule has 1 aliphatic carbocycles. The molecule has 0 fully saturated rings. The molecule has 1 aromatic heterocycles. The standard InChI is InChI=1S/C23H27N3O2S/c1-4-13(3)29-23-25-21-20(22(28)26-23)18(15-11-9-14(5-2)10-12-15)19-16(24-21)7-6-8-17(19)27/h9-13,18H,4-8H2,1-3H3,(H2,24,25,26,28)/t13-,18-/m0/s1. The molecular weight excluding hydrogens is 382 g/mol. The van der Waals surface area contributed by atoms with Crippen LogP contribution in [0.5, 0.6) is 0 Å². The maximum Gasteiger partial charge on any atom is 0.257 e. The number of anilines is 1. The molecule has 29 heavy (non-hydrogen) atoms. The van der Waals surface area contributed by atoms with Gasteiger partial charge in [0.15, 0.2) is 10.9 Å². The summed E-state index contributed by atoms with van der Waals surface area (Å²) in [5.74, 6) is 0.364. The first-order valence-electron chi connectivity index (χ1n) is 10.4. The number of hydrogen-bond donors (Lipinski definition) is 2. The smallest absolute Gasteiger partial charge is 0.257 e. The van der Waals surface area contributed by atoms with Gasteiger partial charge in [-0.25, -0.2) is 4.98 Å². The molecule has 2 aromatic rings. The van der Waals surface area contributed by atoms with E-state index in [1.807, 2.05) is 12.1 Å². The first-order valence-corrected chi connectivity index (χ1v) is 11.3. The van der Waals surface area contributed by atoms with Crippen LogP contribution in [0.15, 0.2) is 45.5 Å². The molecule has 2 aliphatic rings. The minimum Gasteiger partial charge on any atom is -0.343 e. The summed E-state index contributed by atoms with van der Waals surface area (Å²) >= 11 is 1.57. The molecule has 0 saturated carbocycles. The van der Waals surface area contributed by atoms with Gasteiger partial charge in [-0.05, 0) is 36.8 Å². The van der Waals surface area contributed by atoms with Gasteiger partial charge in [0, 0.05) is 28.9 Å². The number of hydrogen-bond acceptors (Lipinski definition) is 5. The van der Waals surface area contributed by atoms with E-state index < -0.39 is 0 Å². The van der Waals surface area contributed by atoms with Crippen LogP contribution < -0.4 is 10.9 Å². The van der Waals surface area contributed by atoms with Crippen LogP contribution >= 0.6 is 11.8 Å². The summed E-state index contributed by atoms with van der Waals surface area (Å²) in [6.07, 6.45) is 4.13. The van der Waals surface area contributed by atoms with Gasteiger partial charge in [-0.15, -0.1) is 0 Å². The number of aromatic amines is 1. The van der Waals surface area contributed by atoms with Crippen LogP contribution in [0.3, 0.4) is 0 Å². The summed E-state index contributed by atoms with van der Waals surface area (Å²) in [4.78, 5) is 33.7. The number of nitrogens with one attached hydrogen (secondary N) is 2. The Kier molecular flexibility index (Phi) is 5.63. The Morgan fingerprint density at radius 3 is 2.62 bits per heavy atom. The molecule has 2 heterocycles. The number of fused-ring (bicyclic) bond motifs is 1. The SMILES string of the molecule is CCc1ccc([C@H]2C3=C(CCCC3=O)Nc3nc(S[C@@H](C)CC)[nH]c(=O)c32)cc1. The molecule has 0 unspecified atom stereocenters. The zero-order valence-electron chi connectivity index (χ0n) is 17.2. The second-order valence-electron chi connectivity index (χ2n) is 7.79. The molecule has 4 rings (SSSR count). The molecule has 5 nitrogen and oxygen atoms in total. The van der Waals surface area contributed by atoms with E-state index in [1.54, 1.807) is 11.8 Å². The molecule has 0 radical (unpaired) electrons. The zero-order valence-corrected chi connectivity index (χ0v) is 18.0. The van der Waals surface area contributed by atoms with Gasteiger partial charge in [0.25, 0.3) is 5.56 Å². The summed E-state index contributed by atoms with van der Waals surface area (Å²) in [6, 6.07) is 8.26. The normalized spacial score (nSPS) is 19.4. The van der Waals surface area contributed by atoms with Crippen molar-refractivity contribution in [1.29, 1.82) is 0 Å². The maximum atomic E-state index is 13.2. The number of allylic oxidation sites excluding steroid dienone is 2. The van der Waals surface area contributed by atoms with Gasteiger partial charge in [0.05, 0.1) is 5.56 Å². The Morgan fingerprint density at radius 2 is 1.93 bits per heavy atom. The Labute approximate surface area is 175 Å². The van der Waals surface area contributed by atoms with Crippen molar-refractivity contribution in [3.8, 4) is 0 Å². The molecule has 6 heteroatoms. The predicted octanol–water partition coefficient (Wildman–Crippen LogP) is 4.79. The lowest BCUT2D eigenvalue weighted by Crippen LogP contribution is -2.32. The third kappa shape index (κ3) is 3.78. The molecule has 2 N–H and O–H groups in total. The Morgan fingerprint density at radius 1 is 1.17 bits per heavy atom. The number of Topliss-reactive ketones (excluding diaryl/α,β-unsaturated/α-hetero) is 1. The van der Waals surface area contributed by atoms with Crippen molar-refractivity contribution in [3.63, 3.8) is 0 Å². The van der Waals surface area contributed by atoms with Crippen molar-refractivity contribution in [1.82, 2.24) is 9.97 Å². The average molecular weight is 410 g/mol. The van der Waals surface area contributed by atoms with Gasteiger partial charge in [0.1, 0.15) is 5.82 Å². The number of thioether (sulfide) groups is 1. The van der Waals surface area contributed by atoms with Crippen molar-refractivity contribution in [2.45, 2.75) is 69.2 Å². The number of benzene rings is 1. The van der Waals surface area contributed by atoms with E-state index >= 15 is 0 Å². The van der Waals surface area contributed by atoms with E-state index in [2.05, 4.69) is 43.2 Å². The highest BCUT2D eigenvalue weighted by atomic mass is 32.2. The van der Waals surface area contributed by atoms with Crippen LogP contribution in [0.4, 0.5) is 5.82 Å². The molecule has 152 valence electrons. The van der Waals surface area contributed by atoms with Gasteiger partial charge >= 0.3 is 0 Å². The van der Waals surface area contributed by atoms with E-state index in [-0.39, 0.29) is 17.3 Å². The Bertz CT molecular complexity index is 1020. The fourth-order valence-corrected chi connectivity index (χ4v) is 4.89. The van der Waals surface area contributed by atoms with E-state index in [9.17, 15) is 9.59 Å². The van der Waals surface area contributed by atoms with Gasteiger partial charge < -0.3 is 10.3 Å². The van der Waals surface area contributed by atoms with Gasteiger partial charge in [0.2, 0.25) is 0 Å². The molecule has 0 saturated heterocycles. The molecule has 0 bridgehead atoms. The van der Waals surface area contributed by atoms with E-state index in [0.717, 1.165) is 42.5 Å². The van der Waals surface area contributed by atoms with Crippen molar-refractivity contribution >= 4 is 23.4 Å². The van der Waals surface area contributed by atoms with Crippen molar-refractivity contribution < 1.29 is 4.79 Å². The molecular formula is C23H27N3O2S. The van der Waals surface area contributed by atoms with E-state index in [1.165, 1.54) is 5.56 Å². The Balaban J connectivity index is 1.86. The van der Waals surface area contributed by atoms with Crippen LogP contribution in [0.1, 0.15) is 69.1 Å². The van der Waals surface area contributed by atoms with Crippen LogP contribution in [0, 0.1) is 0 Å². The highest BCUT2D eigenvalue weighted by Crippen LogP contribution is 2.43. The fourth-order valence-electron chi connectivity index (χ4n) is 4.05. The average Bonchev–Trinajstić information content (AvgIpc) is 2.72. The largest absolute Gasteiger partial charge is 0.343 e. The van der Waals surface area contributed by atoms with E-state index in [0.29, 0.717) is 28.2 Å². The summed E-state index contributed by atoms with van der Waals surface area (Å²) < 4.78 is 0. The Hall–Kier alpha value is -2.34. The van der Waals surface area contributed by atoms with Crippen LogP contribution in [0.25, 0.3) is 0 Å². The van der Waals surface area contributed by atoms with Gasteiger partial charge in [-0.3, -0.25) is 9.59 Å². The quantitative estimate of drug-likeness (QED) is 0.549. The van der Waals surface area contributed by atoms with Crippen LogP contribution in [-0.2, 0) is 11.2 Å². The minimum absolute atomic E-state index is 0.131. The molecule has 2 atom stereocenters. The predicted molar refractivity (Wildman–Crippen MR) is 118 cm³/mol. The van der Waals surface area contributed by atoms with E-state index in [4.69, 9.17) is 4.98 Å². The number of aromatic nitrogens is 2. The highest BCUT2D eigenvalue weighted by Gasteiger charge is 2.37. The summed E-state index contributed by atoms with van der Waals surface area (Å²) in [5, 5.41) is 4.33. The van der Waals surface area contributed by atoms with Crippen LogP contribution in [-0.4, -0.2) is 21.0 Å². The topological polar surface area (TPSA) is 74.8 Å². The second kappa shape index (κ2) is 8.19. The lowest BCUT2D eigenvalue weighted by molar-refractivity contribution is -0.116. The number of carbonyl (C=O) groups excluding carboxylic acids is 1. The number of nitrogens with zero attached hydrogens (tertiary/aromatic N) is 1. The highest BCUT2D eigenvalue weighted by molar-refractivity contribution is 7.99. The lowest BCUT2D eigenvalue weighted by atomic mass is 9.76. The molecule has 1 aromatic carbocycles. The summed E-state index contributed by atoms with van der Waals surface area (Å²) in [6.45, 7) is 6.36. The summed E-state index contributed by atoms with van der Waals surface area (Å²) in [5.41, 5.74) is 4.26. The van der Waals surface area contributed by atoms with Crippen molar-refractivity contribution in [2.24, 2.45) is 0 Å². The number of H-pyrrole nitrogens is 1. The number of rotatable bonds is 5. The molecule has 0 amide bonds. The van der Waals surface area contributed by atoms with Crippen molar-refractivity contribution in [3.05, 3.63) is 62.6 Å². The number of ketones is 1. The van der Waals surface area contributed by atoms with Gasteiger partial charge in [-0.2, -0.15) is 0 Å². The zero-order chi connectivity index (χ0) is 20.5. The number of carbonyl (C=O) groups is 1. The minimum atomic E-state index is -0.362. The van der Waals surface area contributed by atoms with Crippen molar-refractivity contribution in [2.75, 3.05) is 5.32 Å². The van der Waals surface area contributed by atoms with Crippen LogP contribution in [0.2, 0.25) is 0 Å². The lowest BCUT2D eigenvalue weighted by Gasteiger charge is -2.33. The number of aryl methyl sites for hydroxylation is 1. The second-order valence-corrected chi connectivity index (χ2v) is 9.22. The molecule has 0 spiro atoms. The van der Waals surface area contributed by atoms with Gasteiger partial charge in [-0.1, -0.05) is 56.8 Å². The molecule has 1 aliphatic heterocycles. The first kappa shape index (κ1) is 20.0. The third-order valence-corrected chi connectivity index (χ3v) is 7.00. The summed E-state index contributed by atoms with van der Waals surface area (Å²) in [7, 11) is 0. The monoisotopic (exact) mass is 409 g/mol. The first-order chi connectivity index (χ1) is 14.0. The third-order valence-electron chi connectivity index (χ3n) is 5.85. The maximum absolute atomic E-state index is 13.2. The fraction of sp³-hybridized carbons (Fsp3) is 0.435.